The number of ether oxygens (including phenoxy) is 2. The first-order valence-electron chi connectivity index (χ1n) is 9.53. The number of hydrogen-bond donors (Lipinski definition) is 2. The summed E-state index contributed by atoms with van der Waals surface area (Å²) in [5.74, 6) is -0.225. The lowest BCUT2D eigenvalue weighted by molar-refractivity contribution is 0.0526. The lowest BCUT2D eigenvalue weighted by atomic mass is 9.95. The average Bonchev–Trinajstić information content (AvgIpc) is 3.05. The zero-order valence-corrected chi connectivity index (χ0v) is 18.4. The maximum absolute atomic E-state index is 12.7. The summed E-state index contributed by atoms with van der Waals surface area (Å²) in [7, 11) is 1.53. The molecule has 1 heterocycles. The number of methoxy groups -OCH3 is 1. The topological polar surface area (TPSA) is 76.7 Å². The Balaban J connectivity index is 1.81. The van der Waals surface area contributed by atoms with Gasteiger partial charge in [0, 0.05) is 4.88 Å². The summed E-state index contributed by atoms with van der Waals surface area (Å²) in [5, 5.41) is 6.47. The normalized spacial score (nSPS) is 12.7. The number of rotatable bonds is 5. The fourth-order valence-electron chi connectivity index (χ4n) is 3.48. The van der Waals surface area contributed by atoms with Crippen LogP contribution < -0.4 is 15.4 Å². The van der Waals surface area contributed by atoms with E-state index < -0.39 is 0 Å². The highest BCUT2D eigenvalue weighted by atomic mass is 32.1. The summed E-state index contributed by atoms with van der Waals surface area (Å²) < 4.78 is 10.6. The third-order valence-corrected chi connectivity index (χ3v) is 6.18. The van der Waals surface area contributed by atoms with E-state index in [-0.39, 0.29) is 17.0 Å². The number of anilines is 1. The molecule has 2 N–H and O–H groups in total. The van der Waals surface area contributed by atoms with E-state index in [1.165, 1.54) is 23.3 Å². The predicted molar refractivity (Wildman–Crippen MR) is 118 cm³/mol. The molecule has 0 unspecified atom stereocenters. The van der Waals surface area contributed by atoms with Crippen LogP contribution in [0.15, 0.2) is 18.2 Å². The number of para-hydroxylation sites is 1. The highest BCUT2D eigenvalue weighted by molar-refractivity contribution is 7.80. The van der Waals surface area contributed by atoms with Crippen LogP contribution in [-0.2, 0) is 17.6 Å². The average molecular weight is 433 g/mol. The van der Waals surface area contributed by atoms with Crippen molar-refractivity contribution in [2.75, 3.05) is 19.0 Å². The summed E-state index contributed by atoms with van der Waals surface area (Å²) in [6, 6.07) is 5.33. The maximum atomic E-state index is 12.7. The Morgan fingerprint density at radius 2 is 2.00 bits per heavy atom. The lowest BCUT2D eigenvalue weighted by Crippen LogP contribution is -2.34. The monoisotopic (exact) mass is 432 g/mol. The summed E-state index contributed by atoms with van der Waals surface area (Å²) in [6.45, 7) is 3.95. The second kappa shape index (κ2) is 9.37. The van der Waals surface area contributed by atoms with Crippen LogP contribution in [0.5, 0.6) is 5.75 Å². The van der Waals surface area contributed by atoms with Gasteiger partial charge in [0.05, 0.1) is 24.8 Å². The van der Waals surface area contributed by atoms with Crippen molar-refractivity contribution in [3.05, 3.63) is 45.3 Å². The van der Waals surface area contributed by atoms with Crippen molar-refractivity contribution in [1.82, 2.24) is 5.32 Å². The summed E-state index contributed by atoms with van der Waals surface area (Å²) in [5.41, 5.74) is 2.83. The van der Waals surface area contributed by atoms with Crippen LogP contribution in [0.2, 0.25) is 0 Å². The number of carbonyl (C=O) groups is 2. The van der Waals surface area contributed by atoms with Crippen molar-refractivity contribution in [2.24, 2.45) is 0 Å². The minimum absolute atomic E-state index is 0.128. The smallest absolute Gasteiger partial charge is 0.341 e. The van der Waals surface area contributed by atoms with E-state index in [4.69, 9.17) is 21.7 Å². The fraction of sp³-hybridized carbons (Fsp3) is 0.381. The highest BCUT2D eigenvalue weighted by Gasteiger charge is 2.27. The molecular formula is C21H24N2O4S2. The predicted octanol–water partition coefficient (Wildman–Crippen LogP) is 4.25. The number of hydrogen-bond acceptors (Lipinski definition) is 6. The number of carbonyl (C=O) groups excluding carboxylic acids is 2. The van der Waals surface area contributed by atoms with Gasteiger partial charge in [0.15, 0.2) is 5.11 Å². The van der Waals surface area contributed by atoms with Crippen molar-refractivity contribution in [2.45, 2.75) is 39.5 Å². The van der Waals surface area contributed by atoms with Gasteiger partial charge in [-0.3, -0.25) is 10.1 Å². The standard InChI is InChI=1S/C21H24N2O4S2/c1-4-27-20(25)16-13-9-5-6-11-15(13)29-19(16)23-21(28)22-18(24)14-10-7-8-12(2)17(14)26-3/h7-8,10H,4-6,9,11H2,1-3H3,(H2,22,23,24,28). The van der Waals surface area contributed by atoms with E-state index in [1.54, 1.807) is 19.1 Å². The molecule has 1 aromatic heterocycles. The van der Waals surface area contributed by atoms with Crippen molar-refractivity contribution in [3.63, 3.8) is 0 Å². The number of aryl methyl sites for hydroxylation is 2. The molecule has 1 aliphatic carbocycles. The molecule has 0 aliphatic heterocycles. The molecule has 0 atom stereocenters. The molecule has 1 amide bonds. The van der Waals surface area contributed by atoms with E-state index >= 15 is 0 Å². The maximum Gasteiger partial charge on any atom is 0.341 e. The van der Waals surface area contributed by atoms with Crippen LogP contribution >= 0.6 is 23.6 Å². The van der Waals surface area contributed by atoms with Crippen LogP contribution in [0.25, 0.3) is 0 Å². The molecule has 154 valence electrons. The van der Waals surface area contributed by atoms with Gasteiger partial charge in [0.2, 0.25) is 0 Å². The molecule has 0 fully saturated rings. The first-order valence-corrected chi connectivity index (χ1v) is 10.8. The Hall–Kier alpha value is -2.45. The summed E-state index contributed by atoms with van der Waals surface area (Å²) in [6.07, 6.45) is 3.93. The second-order valence-corrected chi connectivity index (χ2v) is 8.21. The molecule has 6 nitrogen and oxygen atoms in total. The molecule has 0 spiro atoms. The summed E-state index contributed by atoms with van der Waals surface area (Å²) >= 11 is 6.85. The van der Waals surface area contributed by atoms with E-state index in [9.17, 15) is 9.59 Å². The number of thiocarbonyl (C=S) groups is 1. The quantitative estimate of drug-likeness (QED) is 0.543. The van der Waals surface area contributed by atoms with Crippen molar-refractivity contribution < 1.29 is 19.1 Å². The fourth-order valence-corrected chi connectivity index (χ4v) is 5.02. The number of nitrogens with one attached hydrogen (secondary N) is 2. The number of benzene rings is 1. The van der Waals surface area contributed by atoms with Gasteiger partial charge in [-0.1, -0.05) is 12.1 Å². The van der Waals surface area contributed by atoms with Crippen LogP contribution in [0.1, 0.15) is 56.5 Å². The van der Waals surface area contributed by atoms with Crippen LogP contribution in [-0.4, -0.2) is 30.7 Å². The molecule has 0 bridgehead atoms. The number of esters is 1. The molecule has 8 heteroatoms. The molecule has 0 saturated heterocycles. The first-order chi connectivity index (χ1) is 14.0. The highest BCUT2D eigenvalue weighted by Crippen LogP contribution is 2.38. The Morgan fingerprint density at radius 1 is 1.24 bits per heavy atom. The second-order valence-electron chi connectivity index (χ2n) is 6.70. The molecule has 3 rings (SSSR count). The first kappa shape index (κ1) is 21.3. The minimum atomic E-state index is -0.373. The Kier molecular flexibility index (Phi) is 6.87. The van der Waals surface area contributed by atoms with Crippen LogP contribution in [0.3, 0.4) is 0 Å². The minimum Gasteiger partial charge on any atom is -0.496 e. The summed E-state index contributed by atoms with van der Waals surface area (Å²) in [4.78, 5) is 26.4. The zero-order chi connectivity index (χ0) is 21.0. The largest absolute Gasteiger partial charge is 0.496 e. The number of thiophene rings is 1. The molecule has 1 aromatic carbocycles. The van der Waals surface area contributed by atoms with Gasteiger partial charge < -0.3 is 14.8 Å². The molecule has 29 heavy (non-hydrogen) atoms. The van der Waals surface area contributed by atoms with Gasteiger partial charge in [0.25, 0.3) is 5.91 Å². The molecule has 0 saturated carbocycles. The third kappa shape index (κ3) is 4.59. The number of fused-ring (bicyclic) bond motifs is 1. The molecular weight excluding hydrogens is 408 g/mol. The van der Waals surface area contributed by atoms with E-state index in [0.717, 1.165) is 36.8 Å². The van der Waals surface area contributed by atoms with Gasteiger partial charge in [-0.2, -0.15) is 0 Å². The van der Waals surface area contributed by atoms with Crippen LogP contribution in [0, 0.1) is 6.92 Å². The van der Waals surface area contributed by atoms with Gasteiger partial charge in [0.1, 0.15) is 10.8 Å². The zero-order valence-electron chi connectivity index (χ0n) is 16.7. The van der Waals surface area contributed by atoms with Crippen molar-refractivity contribution in [1.29, 1.82) is 0 Å². The van der Waals surface area contributed by atoms with Crippen LogP contribution in [0.4, 0.5) is 5.00 Å². The lowest BCUT2D eigenvalue weighted by Gasteiger charge is -2.14. The Bertz CT molecular complexity index is 952. The van der Waals surface area contributed by atoms with Gasteiger partial charge in [-0.15, -0.1) is 11.3 Å². The SMILES string of the molecule is CCOC(=O)c1c(NC(=S)NC(=O)c2cccc(C)c2OC)sc2c1CCCC2. The van der Waals surface area contributed by atoms with E-state index in [1.807, 2.05) is 13.0 Å². The molecule has 0 radical (unpaired) electrons. The van der Waals surface area contributed by atoms with Crippen molar-refractivity contribution in [3.8, 4) is 5.75 Å². The van der Waals surface area contributed by atoms with Crippen molar-refractivity contribution >= 4 is 45.5 Å². The molecule has 1 aliphatic rings. The number of amides is 1. The third-order valence-electron chi connectivity index (χ3n) is 4.77. The van der Waals surface area contributed by atoms with E-state index in [0.29, 0.717) is 28.5 Å². The molecule has 2 aromatic rings. The Labute approximate surface area is 179 Å². The van der Waals surface area contributed by atoms with Gasteiger partial charge in [-0.05, 0) is 68.9 Å². The van der Waals surface area contributed by atoms with Gasteiger partial charge in [-0.25, -0.2) is 4.79 Å². The van der Waals surface area contributed by atoms with E-state index in [2.05, 4.69) is 10.6 Å². The van der Waals surface area contributed by atoms with Gasteiger partial charge >= 0.3 is 5.97 Å². The Morgan fingerprint density at radius 3 is 2.72 bits per heavy atom.